The lowest BCUT2D eigenvalue weighted by atomic mass is 10.1. The number of rotatable bonds is 4. The molecule has 1 aliphatic heterocycles. The fourth-order valence-corrected chi connectivity index (χ4v) is 3.12. The van der Waals surface area contributed by atoms with E-state index in [0.29, 0.717) is 30.4 Å². The predicted octanol–water partition coefficient (Wildman–Crippen LogP) is 2.91. The fraction of sp³-hybridized carbons (Fsp3) is 0.263. The van der Waals surface area contributed by atoms with E-state index >= 15 is 0 Å². The fourth-order valence-electron chi connectivity index (χ4n) is 3.12. The lowest BCUT2D eigenvalue weighted by Gasteiger charge is -2.14. The summed E-state index contributed by atoms with van der Waals surface area (Å²) in [6, 6.07) is 11.7. The highest BCUT2D eigenvalue weighted by Gasteiger charge is 2.22. The van der Waals surface area contributed by atoms with Crippen LogP contribution in [0, 0.1) is 0 Å². The molecule has 2 aromatic carbocycles. The van der Waals surface area contributed by atoms with Gasteiger partial charge < -0.3 is 23.5 Å². The average Bonchev–Trinajstić information content (AvgIpc) is 2.99. The molecule has 2 heterocycles. The third kappa shape index (κ3) is 2.61. The standard InChI is InChI=1S/C19H19N3O4/c1-23-15-8-13(9-16(24-2)18(15)25-3)19-21-20-17-11-26-14-7-5-4-6-12(14)10-22(17)19/h4-9H,10-11H2,1-3H3. The molecule has 3 aromatic rings. The number of para-hydroxylation sites is 1. The molecule has 26 heavy (non-hydrogen) atoms. The Labute approximate surface area is 151 Å². The first-order valence-electron chi connectivity index (χ1n) is 8.18. The van der Waals surface area contributed by atoms with E-state index in [0.717, 1.165) is 28.5 Å². The number of nitrogens with zero attached hydrogens (tertiary/aromatic N) is 3. The molecule has 0 bridgehead atoms. The van der Waals surface area contributed by atoms with E-state index in [9.17, 15) is 0 Å². The molecule has 7 heteroatoms. The Bertz CT molecular complexity index is 927. The van der Waals surface area contributed by atoms with E-state index in [-0.39, 0.29) is 0 Å². The summed E-state index contributed by atoms with van der Waals surface area (Å²) in [7, 11) is 4.77. The van der Waals surface area contributed by atoms with Gasteiger partial charge in [0.25, 0.3) is 0 Å². The Morgan fingerprint density at radius 3 is 2.38 bits per heavy atom. The summed E-state index contributed by atoms with van der Waals surface area (Å²) in [4.78, 5) is 0. The van der Waals surface area contributed by atoms with E-state index in [1.54, 1.807) is 21.3 Å². The Hall–Kier alpha value is -3.22. The molecule has 0 atom stereocenters. The van der Waals surface area contributed by atoms with Gasteiger partial charge in [-0.2, -0.15) is 0 Å². The van der Waals surface area contributed by atoms with Gasteiger partial charge in [0, 0.05) is 11.1 Å². The quantitative estimate of drug-likeness (QED) is 0.718. The van der Waals surface area contributed by atoms with E-state index in [2.05, 4.69) is 10.2 Å². The van der Waals surface area contributed by atoms with Crippen molar-refractivity contribution in [3.63, 3.8) is 0 Å². The summed E-state index contributed by atoms with van der Waals surface area (Å²) >= 11 is 0. The lowest BCUT2D eigenvalue weighted by Crippen LogP contribution is -2.05. The molecule has 0 amide bonds. The third-order valence-corrected chi connectivity index (χ3v) is 4.41. The molecule has 1 aromatic heterocycles. The van der Waals surface area contributed by atoms with Crippen molar-refractivity contribution in [3.05, 3.63) is 47.8 Å². The van der Waals surface area contributed by atoms with Gasteiger partial charge in [0.1, 0.15) is 12.4 Å². The van der Waals surface area contributed by atoms with Crippen LogP contribution >= 0.6 is 0 Å². The molecular formula is C19H19N3O4. The van der Waals surface area contributed by atoms with Gasteiger partial charge in [-0.05, 0) is 18.2 Å². The van der Waals surface area contributed by atoms with E-state index in [4.69, 9.17) is 18.9 Å². The van der Waals surface area contributed by atoms with Crippen LogP contribution in [0.5, 0.6) is 23.0 Å². The Morgan fingerprint density at radius 2 is 1.69 bits per heavy atom. The molecule has 4 rings (SSSR count). The number of hydrogen-bond donors (Lipinski definition) is 0. The maximum atomic E-state index is 5.86. The summed E-state index contributed by atoms with van der Waals surface area (Å²) in [6.07, 6.45) is 0. The highest BCUT2D eigenvalue weighted by atomic mass is 16.5. The van der Waals surface area contributed by atoms with Crippen LogP contribution in [0.1, 0.15) is 11.4 Å². The minimum Gasteiger partial charge on any atom is -0.493 e. The van der Waals surface area contributed by atoms with Gasteiger partial charge in [0.05, 0.1) is 27.9 Å². The zero-order valence-corrected chi connectivity index (χ0v) is 14.9. The third-order valence-electron chi connectivity index (χ3n) is 4.41. The second kappa shape index (κ2) is 6.59. The van der Waals surface area contributed by atoms with Crippen molar-refractivity contribution in [1.82, 2.24) is 14.8 Å². The first kappa shape index (κ1) is 16.3. The number of hydrogen-bond acceptors (Lipinski definition) is 6. The summed E-state index contributed by atoms with van der Waals surface area (Å²) in [6.45, 7) is 0.999. The van der Waals surface area contributed by atoms with E-state index < -0.39 is 0 Å². The van der Waals surface area contributed by atoms with Crippen LogP contribution in [0.3, 0.4) is 0 Å². The molecule has 0 radical (unpaired) electrons. The zero-order chi connectivity index (χ0) is 18.1. The molecule has 0 saturated heterocycles. The van der Waals surface area contributed by atoms with E-state index in [1.165, 1.54) is 0 Å². The van der Waals surface area contributed by atoms with Crippen LogP contribution in [0.15, 0.2) is 36.4 Å². The summed E-state index contributed by atoms with van der Waals surface area (Å²) < 4.78 is 24.2. The maximum absolute atomic E-state index is 5.86. The SMILES string of the molecule is COc1cc(-c2nnc3n2Cc2ccccc2OC3)cc(OC)c1OC. The Balaban J connectivity index is 1.83. The molecule has 0 N–H and O–H groups in total. The number of methoxy groups -OCH3 is 3. The zero-order valence-electron chi connectivity index (χ0n) is 14.9. The van der Waals surface area contributed by atoms with Crippen LogP contribution < -0.4 is 18.9 Å². The van der Waals surface area contributed by atoms with Crippen molar-refractivity contribution >= 4 is 0 Å². The van der Waals surface area contributed by atoms with Crippen molar-refractivity contribution in [2.75, 3.05) is 21.3 Å². The topological polar surface area (TPSA) is 67.6 Å². The van der Waals surface area contributed by atoms with Crippen LogP contribution in [-0.4, -0.2) is 36.1 Å². The second-order valence-electron chi connectivity index (χ2n) is 5.84. The summed E-state index contributed by atoms with van der Waals surface area (Å²) in [5.41, 5.74) is 1.91. The normalized spacial score (nSPS) is 12.4. The molecular weight excluding hydrogens is 334 g/mol. The van der Waals surface area contributed by atoms with Crippen LogP contribution in [0.25, 0.3) is 11.4 Å². The number of benzene rings is 2. The number of fused-ring (bicyclic) bond motifs is 2. The summed E-state index contributed by atoms with van der Waals surface area (Å²) in [5.74, 6) is 4.05. The van der Waals surface area contributed by atoms with Gasteiger partial charge in [-0.1, -0.05) is 18.2 Å². The van der Waals surface area contributed by atoms with Crippen LogP contribution in [0.2, 0.25) is 0 Å². The maximum Gasteiger partial charge on any atom is 0.203 e. The average molecular weight is 353 g/mol. The van der Waals surface area contributed by atoms with Crippen molar-refractivity contribution < 1.29 is 18.9 Å². The molecule has 0 spiro atoms. The Kier molecular flexibility index (Phi) is 4.12. The molecule has 0 saturated carbocycles. The lowest BCUT2D eigenvalue weighted by molar-refractivity contribution is 0.297. The smallest absolute Gasteiger partial charge is 0.203 e. The minimum absolute atomic E-state index is 0.369. The van der Waals surface area contributed by atoms with Gasteiger partial charge in [-0.25, -0.2) is 0 Å². The first-order chi connectivity index (χ1) is 12.7. The number of aromatic nitrogens is 3. The summed E-state index contributed by atoms with van der Waals surface area (Å²) in [5, 5.41) is 8.67. The van der Waals surface area contributed by atoms with Gasteiger partial charge in [-0.15, -0.1) is 10.2 Å². The van der Waals surface area contributed by atoms with Gasteiger partial charge in [0.2, 0.25) is 5.75 Å². The Morgan fingerprint density at radius 1 is 0.962 bits per heavy atom. The number of ether oxygens (including phenoxy) is 4. The largest absolute Gasteiger partial charge is 0.493 e. The minimum atomic E-state index is 0.369. The van der Waals surface area contributed by atoms with Gasteiger partial charge in [0.15, 0.2) is 23.1 Å². The highest BCUT2D eigenvalue weighted by molar-refractivity contribution is 5.67. The molecule has 1 aliphatic rings. The monoisotopic (exact) mass is 353 g/mol. The second-order valence-corrected chi connectivity index (χ2v) is 5.84. The van der Waals surface area contributed by atoms with Gasteiger partial charge >= 0.3 is 0 Å². The molecule has 7 nitrogen and oxygen atoms in total. The van der Waals surface area contributed by atoms with Crippen molar-refractivity contribution in [2.45, 2.75) is 13.2 Å². The highest BCUT2D eigenvalue weighted by Crippen LogP contribution is 2.41. The molecule has 0 fully saturated rings. The van der Waals surface area contributed by atoms with Crippen molar-refractivity contribution in [1.29, 1.82) is 0 Å². The molecule has 134 valence electrons. The molecule has 0 aliphatic carbocycles. The predicted molar refractivity (Wildman–Crippen MR) is 95.0 cm³/mol. The van der Waals surface area contributed by atoms with Crippen molar-refractivity contribution in [3.8, 4) is 34.4 Å². The van der Waals surface area contributed by atoms with E-state index in [1.807, 2.05) is 41.0 Å². The van der Waals surface area contributed by atoms with Crippen molar-refractivity contribution in [2.24, 2.45) is 0 Å². The first-order valence-corrected chi connectivity index (χ1v) is 8.18. The molecule has 0 unspecified atom stereocenters. The van der Waals surface area contributed by atoms with Crippen LogP contribution in [-0.2, 0) is 13.2 Å². The van der Waals surface area contributed by atoms with Crippen LogP contribution in [0.4, 0.5) is 0 Å². The van der Waals surface area contributed by atoms with Gasteiger partial charge in [-0.3, -0.25) is 0 Å².